The minimum Gasteiger partial charge on any atom is -0.487 e. The standard InChI is InChI=1S/C13H17N3O/c1-9-15-11-5-2-6-12(13(11)16-9)17-10-4-3-7-14-8-10/h2,5-6,10,14H,3-4,7-8H2,1H3,(H,15,16). The average Bonchev–Trinajstić information content (AvgIpc) is 2.72. The van der Waals surface area contributed by atoms with Crippen molar-refractivity contribution in [3.8, 4) is 5.75 Å². The number of hydrogen-bond acceptors (Lipinski definition) is 3. The van der Waals surface area contributed by atoms with E-state index in [1.807, 2.05) is 25.1 Å². The van der Waals surface area contributed by atoms with E-state index in [0.29, 0.717) is 0 Å². The number of H-pyrrole nitrogens is 1. The van der Waals surface area contributed by atoms with Crippen LogP contribution in [-0.2, 0) is 0 Å². The monoisotopic (exact) mass is 231 g/mol. The van der Waals surface area contributed by atoms with E-state index in [9.17, 15) is 0 Å². The van der Waals surface area contributed by atoms with Gasteiger partial charge in [0.15, 0.2) is 0 Å². The van der Waals surface area contributed by atoms with E-state index in [4.69, 9.17) is 4.74 Å². The Morgan fingerprint density at radius 1 is 1.41 bits per heavy atom. The number of para-hydroxylation sites is 1. The fourth-order valence-electron chi connectivity index (χ4n) is 2.32. The first-order valence-corrected chi connectivity index (χ1v) is 6.15. The van der Waals surface area contributed by atoms with Gasteiger partial charge in [-0.1, -0.05) is 6.07 Å². The van der Waals surface area contributed by atoms with Crippen molar-refractivity contribution in [2.75, 3.05) is 13.1 Å². The minimum absolute atomic E-state index is 0.270. The first-order valence-electron chi connectivity index (χ1n) is 6.15. The first-order chi connectivity index (χ1) is 8.33. The van der Waals surface area contributed by atoms with E-state index in [1.165, 1.54) is 6.42 Å². The predicted molar refractivity (Wildman–Crippen MR) is 67.4 cm³/mol. The van der Waals surface area contributed by atoms with Crippen molar-refractivity contribution in [1.29, 1.82) is 0 Å². The topological polar surface area (TPSA) is 49.9 Å². The Bertz CT molecular complexity index is 514. The highest BCUT2D eigenvalue weighted by molar-refractivity contribution is 5.81. The number of nitrogens with one attached hydrogen (secondary N) is 2. The van der Waals surface area contributed by atoms with E-state index >= 15 is 0 Å². The molecule has 0 aliphatic carbocycles. The third kappa shape index (κ3) is 2.13. The molecule has 0 saturated carbocycles. The number of hydrogen-bond donors (Lipinski definition) is 2. The van der Waals surface area contributed by atoms with Gasteiger partial charge in [-0.3, -0.25) is 0 Å². The average molecular weight is 231 g/mol. The van der Waals surface area contributed by atoms with Crippen LogP contribution >= 0.6 is 0 Å². The summed E-state index contributed by atoms with van der Waals surface area (Å²) in [7, 11) is 0. The molecule has 1 saturated heterocycles. The molecule has 4 nitrogen and oxygen atoms in total. The Morgan fingerprint density at radius 3 is 3.18 bits per heavy atom. The van der Waals surface area contributed by atoms with Crippen LogP contribution in [0.2, 0.25) is 0 Å². The summed E-state index contributed by atoms with van der Waals surface area (Å²) in [5.74, 6) is 1.82. The third-order valence-corrected chi connectivity index (χ3v) is 3.14. The van der Waals surface area contributed by atoms with Gasteiger partial charge >= 0.3 is 0 Å². The second-order valence-corrected chi connectivity index (χ2v) is 4.56. The SMILES string of the molecule is Cc1nc2c(OC3CCCNC3)cccc2[nH]1. The minimum atomic E-state index is 0.270. The summed E-state index contributed by atoms with van der Waals surface area (Å²) in [5, 5.41) is 3.36. The Labute approximate surface area is 100 Å². The van der Waals surface area contributed by atoms with Crippen molar-refractivity contribution < 1.29 is 4.74 Å². The Kier molecular flexibility index (Phi) is 2.73. The van der Waals surface area contributed by atoms with Gasteiger partial charge in [0, 0.05) is 6.54 Å². The summed E-state index contributed by atoms with van der Waals surface area (Å²) >= 11 is 0. The Hall–Kier alpha value is -1.55. The molecule has 0 spiro atoms. The zero-order valence-electron chi connectivity index (χ0n) is 9.99. The molecule has 2 N–H and O–H groups in total. The van der Waals surface area contributed by atoms with Crippen molar-refractivity contribution in [1.82, 2.24) is 15.3 Å². The maximum atomic E-state index is 6.04. The molecule has 2 heterocycles. The van der Waals surface area contributed by atoms with Crippen LogP contribution in [0.25, 0.3) is 11.0 Å². The molecular weight excluding hydrogens is 214 g/mol. The number of fused-ring (bicyclic) bond motifs is 1. The molecule has 0 amide bonds. The number of imidazole rings is 1. The summed E-state index contributed by atoms with van der Waals surface area (Å²) < 4.78 is 6.04. The van der Waals surface area contributed by atoms with Crippen LogP contribution in [-0.4, -0.2) is 29.2 Å². The zero-order chi connectivity index (χ0) is 11.7. The molecular formula is C13H17N3O. The lowest BCUT2D eigenvalue weighted by molar-refractivity contribution is 0.169. The van der Waals surface area contributed by atoms with Gasteiger partial charge in [0.05, 0.1) is 5.52 Å². The van der Waals surface area contributed by atoms with Crippen molar-refractivity contribution in [2.24, 2.45) is 0 Å². The number of ether oxygens (including phenoxy) is 1. The van der Waals surface area contributed by atoms with Gasteiger partial charge in [0.1, 0.15) is 23.2 Å². The number of rotatable bonds is 2. The van der Waals surface area contributed by atoms with E-state index in [-0.39, 0.29) is 6.10 Å². The molecule has 3 rings (SSSR count). The number of aromatic nitrogens is 2. The smallest absolute Gasteiger partial charge is 0.147 e. The second-order valence-electron chi connectivity index (χ2n) is 4.56. The molecule has 4 heteroatoms. The third-order valence-electron chi connectivity index (χ3n) is 3.14. The number of nitrogens with zero attached hydrogens (tertiary/aromatic N) is 1. The highest BCUT2D eigenvalue weighted by atomic mass is 16.5. The largest absolute Gasteiger partial charge is 0.487 e. The molecule has 0 radical (unpaired) electrons. The van der Waals surface area contributed by atoms with Gasteiger partial charge in [-0.2, -0.15) is 0 Å². The molecule has 90 valence electrons. The molecule has 17 heavy (non-hydrogen) atoms. The van der Waals surface area contributed by atoms with Gasteiger partial charge in [-0.05, 0) is 38.4 Å². The molecule has 1 unspecified atom stereocenters. The zero-order valence-corrected chi connectivity index (χ0v) is 9.99. The molecule has 0 bridgehead atoms. The molecule has 1 fully saturated rings. The number of aryl methyl sites for hydroxylation is 1. The predicted octanol–water partition coefficient (Wildman–Crippen LogP) is 2.00. The summed E-state index contributed by atoms with van der Waals surface area (Å²) in [5.41, 5.74) is 1.99. The lowest BCUT2D eigenvalue weighted by Gasteiger charge is -2.23. The molecule has 2 aromatic rings. The van der Waals surface area contributed by atoms with Crippen LogP contribution in [0, 0.1) is 6.92 Å². The summed E-state index contributed by atoms with van der Waals surface area (Å²) in [4.78, 5) is 7.71. The molecule has 1 atom stereocenters. The number of aromatic amines is 1. The highest BCUT2D eigenvalue weighted by Crippen LogP contribution is 2.25. The van der Waals surface area contributed by atoms with E-state index in [1.54, 1.807) is 0 Å². The van der Waals surface area contributed by atoms with Crippen LogP contribution < -0.4 is 10.1 Å². The highest BCUT2D eigenvalue weighted by Gasteiger charge is 2.16. The van der Waals surface area contributed by atoms with E-state index < -0.39 is 0 Å². The van der Waals surface area contributed by atoms with E-state index in [2.05, 4.69) is 15.3 Å². The van der Waals surface area contributed by atoms with Crippen molar-refractivity contribution in [2.45, 2.75) is 25.9 Å². The Balaban J connectivity index is 1.88. The summed E-state index contributed by atoms with van der Waals surface area (Å²) in [6.07, 6.45) is 2.57. The molecule has 1 aromatic carbocycles. The molecule has 1 aromatic heterocycles. The van der Waals surface area contributed by atoms with Gasteiger partial charge < -0.3 is 15.0 Å². The maximum absolute atomic E-state index is 6.04. The lowest BCUT2D eigenvalue weighted by atomic mass is 10.1. The number of benzene rings is 1. The van der Waals surface area contributed by atoms with Crippen molar-refractivity contribution in [3.63, 3.8) is 0 Å². The first kappa shape index (κ1) is 10.6. The van der Waals surface area contributed by atoms with E-state index in [0.717, 1.165) is 42.1 Å². The van der Waals surface area contributed by atoms with Crippen LogP contribution in [0.4, 0.5) is 0 Å². The quantitative estimate of drug-likeness (QED) is 0.831. The van der Waals surface area contributed by atoms with Crippen LogP contribution in [0.15, 0.2) is 18.2 Å². The fourth-order valence-corrected chi connectivity index (χ4v) is 2.32. The van der Waals surface area contributed by atoms with Crippen molar-refractivity contribution >= 4 is 11.0 Å². The van der Waals surface area contributed by atoms with Crippen LogP contribution in [0.3, 0.4) is 0 Å². The van der Waals surface area contributed by atoms with Crippen LogP contribution in [0.5, 0.6) is 5.75 Å². The number of piperidine rings is 1. The Morgan fingerprint density at radius 2 is 2.35 bits per heavy atom. The van der Waals surface area contributed by atoms with Gasteiger partial charge in [0.25, 0.3) is 0 Å². The lowest BCUT2D eigenvalue weighted by Crippen LogP contribution is -2.37. The molecule has 1 aliphatic heterocycles. The van der Waals surface area contributed by atoms with Gasteiger partial charge in [0.2, 0.25) is 0 Å². The van der Waals surface area contributed by atoms with Gasteiger partial charge in [-0.25, -0.2) is 4.98 Å². The van der Waals surface area contributed by atoms with Crippen molar-refractivity contribution in [3.05, 3.63) is 24.0 Å². The normalized spacial score (nSPS) is 20.6. The summed E-state index contributed by atoms with van der Waals surface area (Å²) in [6, 6.07) is 6.03. The van der Waals surface area contributed by atoms with Crippen LogP contribution in [0.1, 0.15) is 18.7 Å². The second kappa shape index (κ2) is 4.37. The fraction of sp³-hybridized carbons (Fsp3) is 0.462. The summed E-state index contributed by atoms with van der Waals surface area (Å²) in [6.45, 7) is 4.00. The molecule has 1 aliphatic rings. The maximum Gasteiger partial charge on any atom is 0.147 e. The van der Waals surface area contributed by atoms with Gasteiger partial charge in [-0.15, -0.1) is 0 Å².